The second-order valence-corrected chi connectivity index (χ2v) is 5.16. The van der Waals surface area contributed by atoms with Gasteiger partial charge in [-0.1, -0.05) is 13.8 Å². The minimum Gasteiger partial charge on any atom is -0.480 e. The molecule has 7 heteroatoms. The van der Waals surface area contributed by atoms with Crippen molar-refractivity contribution in [1.82, 2.24) is 10.2 Å². The van der Waals surface area contributed by atoms with Crippen molar-refractivity contribution in [1.29, 1.82) is 0 Å². The fourth-order valence-electron chi connectivity index (χ4n) is 2.20. The number of carboxylic acids is 1. The van der Waals surface area contributed by atoms with Gasteiger partial charge in [0.05, 0.1) is 6.10 Å². The van der Waals surface area contributed by atoms with Crippen molar-refractivity contribution >= 4 is 17.8 Å². The van der Waals surface area contributed by atoms with E-state index in [0.717, 1.165) is 4.90 Å². The molecule has 0 saturated carbocycles. The minimum absolute atomic E-state index is 0.0153. The number of aliphatic hydroxyl groups excluding tert-OH is 1. The van der Waals surface area contributed by atoms with Crippen LogP contribution in [0.5, 0.6) is 0 Å². The highest BCUT2D eigenvalue weighted by atomic mass is 16.4. The summed E-state index contributed by atoms with van der Waals surface area (Å²) in [5.74, 6) is -2.12. The van der Waals surface area contributed by atoms with Gasteiger partial charge in [-0.2, -0.15) is 0 Å². The molecule has 1 heterocycles. The largest absolute Gasteiger partial charge is 0.480 e. The number of hydrogen-bond donors (Lipinski definition) is 3. The first-order valence-corrected chi connectivity index (χ1v) is 6.22. The maximum Gasteiger partial charge on any atom is 0.326 e. The number of carboxylic acid groups (broad SMARTS) is 1. The molecule has 3 N–H and O–H groups in total. The molecular formula is C12H20N2O5. The van der Waals surface area contributed by atoms with Gasteiger partial charge >= 0.3 is 5.97 Å². The number of likely N-dealkylation sites (tertiary alicyclic amines) is 1. The van der Waals surface area contributed by atoms with Crippen LogP contribution in [0.1, 0.15) is 27.2 Å². The molecular weight excluding hydrogens is 252 g/mol. The molecule has 0 aromatic rings. The Morgan fingerprint density at radius 2 is 1.89 bits per heavy atom. The third kappa shape index (κ3) is 3.66. The molecule has 2 amide bonds. The standard InChI is InChI=1S/C12H20N2O5/c1-6(2)10(13-7(3)15)11(17)14-5-8(16)4-9(14)12(18)19/h6,8-10,16H,4-5H2,1-3H3,(H,13,15)(H,18,19)/t8-,9-,10?/m0/s1. The lowest BCUT2D eigenvalue weighted by atomic mass is 10.0. The minimum atomic E-state index is -1.14. The Morgan fingerprint density at radius 1 is 1.32 bits per heavy atom. The topological polar surface area (TPSA) is 107 Å². The summed E-state index contributed by atoms with van der Waals surface area (Å²) in [6.07, 6.45) is -0.818. The van der Waals surface area contributed by atoms with Gasteiger partial charge in [0.1, 0.15) is 12.1 Å². The van der Waals surface area contributed by atoms with E-state index >= 15 is 0 Å². The van der Waals surface area contributed by atoms with Crippen LogP contribution < -0.4 is 5.32 Å². The van der Waals surface area contributed by atoms with Crippen LogP contribution in [0.4, 0.5) is 0 Å². The molecule has 7 nitrogen and oxygen atoms in total. The summed E-state index contributed by atoms with van der Waals surface area (Å²) < 4.78 is 0. The third-order valence-electron chi connectivity index (χ3n) is 3.14. The molecule has 108 valence electrons. The summed E-state index contributed by atoms with van der Waals surface area (Å²) in [7, 11) is 0. The van der Waals surface area contributed by atoms with Crippen LogP contribution in [0.25, 0.3) is 0 Å². The van der Waals surface area contributed by atoms with Crippen LogP contribution in [-0.4, -0.2) is 57.6 Å². The maximum atomic E-state index is 12.3. The van der Waals surface area contributed by atoms with E-state index in [4.69, 9.17) is 5.11 Å². The van der Waals surface area contributed by atoms with Crippen molar-refractivity contribution in [3.05, 3.63) is 0 Å². The van der Waals surface area contributed by atoms with Crippen molar-refractivity contribution in [2.75, 3.05) is 6.54 Å². The number of amides is 2. The first-order chi connectivity index (χ1) is 8.73. The van der Waals surface area contributed by atoms with Crippen molar-refractivity contribution in [2.45, 2.75) is 45.4 Å². The van der Waals surface area contributed by atoms with Crippen LogP contribution in [0.2, 0.25) is 0 Å². The third-order valence-corrected chi connectivity index (χ3v) is 3.14. The number of hydrogen-bond acceptors (Lipinski definition) is 4. The summed E-state index contributed by atoms with van der Waals surface area (Å²) in [6.45, 7) is 4.82. The van der Waals surface area contributed by atoms with Crippen LogP contribution >= 0.6 is 0 Å². The Balaban J connectivity index is 2.89. The average molecular weight is 272 g/mol. The monoisotopic (exact) mass is 272 g/mol. The molecule has 1 rings (SSSR count). The van der Waals surface area contributed by atoms with E-state index < -0.39 is 30.1 Å². The van der Waals surface area contributed by atoms with Crippen molar-refractivity contribution in [2.24, 2.45) is 5.92 Å². The van der Waals surface area contributed by atoms with Crippen LogP contribution in [0.3, 0.4) is 0 Å². The Bertz CT molecular complexity index is 382. The van der Waals surface area contributed by atoms with Crippen LogP contribution in [-0.2, 0) is 14.4 Å². The first kappa shape index (κ1) is 15.4. The molecule has 0 radical (unpaired) electrons. The molecule has 1 fully saturated rings. The molecule has 1 unspecified atom stereocenters. The summed E-state index contributed by atoms with van der Waals surface area (Å²) in [5, 5.41) is 21.1. The van der Waals surface area contributed by atoms with E-state index in [1.807, 2.05) is 0 Å². The molecule has 0 aromatic carbocycles. The predicted octanol–water partition coefficient (Wildman–Crippen LogP) is -0.806. The fourth-order valence-corrected chi connectivity index (χ4v) is 2.20. The number of nitrogens with zero attached hydrogens (tertiary/aromatic N) is 1. The lowest BCUT2D eigenvalue weighted by molar-refractivity contribution is -0.149. The summed E-state index contributed by atoms with van der Waals surface area (Å²) in [6, 6.07) is -1.80. The SMILES string of the molecule is CC(=O)NC(C(=O)N1C[C@@H](O)C[C@H]1C(=O)O)C(C)C. The van der Waals surface area contributed by atoms with E-state index in [9.17, 15) is 19.5 Å². The summed E-state index contributed by atoms with van der Waals surface area (Å²) >= 11 is 0. The van der Waals surface area contributed by atoms with Gasteiger partial charge in [-0.25, -0.2) is 4.79 Å². The zero-order valence-corrected chi connectivity index (χ0v) is 11.3. The molecule has 1 aliphatic rings. The lowest BCUT2D eigenvalue weighted by Crippen LogP contribution is -2.53. The second-order valence-electron chi connectivity index (χ2n) is 5.16. The maximum absolute atomic E-state index is 12.3. The van der Waals surface area contributed by atoms with Crippen LogP contribution in [0, 0.1) is 5.92 Å². The van der Waals surface area contributed by atoms with Gasteiger partial charge in [-0.3, -0.25) is 9.59 Å². The van der Waals surface area contributed by atoms with Crippen molar-refractivity contribution < 1.29 is 24.6 Å². The van der Waals surface area contributed by atoms with E-state index in [0.29, 0.717) is 0 Å². The molecule has 3 atom stereocenters. The highest BCUT2D eigenvalue weighted by Gasteiger charge is 2.41. The number of nitrogens with one attached hydrogen (secondary N) is 1. The molecule has 0 bridgehead atoms. The average Bonchev–Trinajstić information content (AvgIpc) is 2.67. The quantitative estimate of drug-likeness (QED) is 0.620. The highest BCUT2D eigenvalue weighted by molar-refractivity contribution is 5.90. The zero-order valence-electron chi connectivity index (χ0n) is 11.3. The zero-order chi connectivity index (χ0) is 14.7. The molecule has 1 saturated heterocycles. The number of β-amino-alcohol motifs (C(OH)–C–C–N with tert-alkyl or cyclic N) is 1. The molecule has 0 aromatic heterocycles. The van der Waals surface area contributed by atoms with E-state index in [1.54, 1.807) is 13.8 Å². The number of aliphatic hydroxyl groups is 1. The van der Waals surface area contributed by atoms with Crippen molar-refractivity contribution in [3.63, 3.8) is 0 Å². The predicted molar refractivity (Wildman–Crippen MR) is 66.2 cm³/mol. The summed E-state index contributed by atoms with van der Waals surface area (Å²) in [5.41, 5.74) is 0. The Morgan fingerprint density at radius 3 is 2.32 bits per heavy atom. The fraction of sp³-hybridized carbons (Fsp3) is 0.750. The van der Waals surface area contributed by atoms with E-state index in [2.05, 4.69) is 5.32 Å². The molecule has 1 aliphatic heterocycles. The Labute approximate surface area is 111 Å². The van der Waals surface area contributed by atoms with Gasteiger partial charge in [0.2, 0.25) is 11.8 Å². The number of rotatable bonds is 4. The van der Waals surface area contributed by atoms with E-state index in [1.165, 1.54) is 6.92 Å². The van der Waals surface area contributed by atoms with Crippen molar-refractivity contribution in [3.8, 4) is 0 Å². The Kier molecular flexibility index (Phi) is 4.88. The molecule has 0 aliphatic carbocycles. The second kappa shape index (κ2) is 6.01. The Hall–Kier alpha value is -1.63. The smallest absolute Gasteiger partial charge is 0.326 e. The van der Waals surface area contributed by atoms with Gasteiger partial charge in [0.15, 0.2) is 0 Å². The van der Waals surface area contributed by atoms with Gasteiger partial charge < -0.3 is 20.4 Å². The normalized spacial score (nSPS) is 24.4. The van der Waals surface area contributed by atoms with Gasteiger partial charge in [0, 0.05) is 19.9 Å². The summed E-state index contributed by atoms with van der Waals surface area (Å²) in [4.78, 5) is 35.6. The van der Waals surface area contributed by atoms with Gasteiger partial charge in [0.25, 0.3) is 0 Å². The van der Waals surface area contributed by atoms with Gasteiger partial charge in [-0.05, 0) is 5.92 Å². The number of aliphatic carboxylic acids is 1. The number of carbonyl (C=O) groups is 3. The van der Waals surface area contributed by atoms with E-state index in [-0.39, 0.29) is 24.8 Å². The van der Waals surface area contributed by atoms with Crippen LogP contribution in [0.15, 0.2) is 0 Å². The first-order valence-electron chi connectivity index (χ1n) is 6.22. The highest BCUT2D eigenvalue weighted by Crippen LogP contribution is 2.20. The molecule has 19 heavy (non-hydrogen) atoms. The number of carbonyl (C=O) groups excluding carboxylic acids is 2. The van der Waals surface area contributed by atoms with Gasteiger partial charge in [-0.15, -0.1) is 0 Å². The lowest BCUT2D eigenvalue weighted by Gasteiger charge is -2.28. The molecule has 0 spiro atoms.